The predicted octanol–water partition coefficient (Wildman–Crippen LogP) is 3.21. The number of aryl methyl sites for hydroxylation is 1. The van der Waals surface area contributed by atoms with Gasteiger partial charge in [0.2, 0.25) is 5.89 Å². The molecule has 0 saturated carbocycles. The highest BCUT2D eigenvalue weighted by Gasteiger charge is 2.42. The summed E-state index contributed by atoms with van der Waals surface area (Å²) in [6.45, 7) is 4.98. The lowest BCUT2D eigenvalue weighted by molar-refractivity contribution is 0.0902. The first kappa shape index (κ1) is 24.9. The molecule has 2 aromatic carbocycles. The molecule has 3 aromatic rings. The first-order valence-electron chi connectivity index (χ1n) is 11.2. The molecule has 186 valence electrons. The number of nitrogens with one attached hydrogen (secondary N) is 2. The second-order valence-corrected chi connectivity index (χ2v) is 11.1. The summed E-state index contributed by atoms with van der Waals surface area (Å²) in [5.74, 6) is -2.32. The van der Waals surface area contributed by atoms with Crippen molar-refractivity contribution in [2.45, 2.75) is 49.8 Å². The SMILES string of the molecule is Cc1nnc(C(=O)NC(C)c2cc(F)c(CC3[C@H](C)NC[C@@H](c4ccccc4)S3(=O)=O)cc2F)o1. The number of carbonyl (C=O) groups excluding carboxylic acids is 1. The first-order chi connectivity index (χ1) is 16.6. The van der Waals surface area contributed by atoms with Crippen LogP contribution in [0.1, 0.15) is 58.4 Å². The third kappa shape index (κ3) is 5.10. The Morgan fingerprint density at radius 3 is 2.57 bits per heavy atom. The molecule has 1 aliphatic rings. The molecule has 1 aliphatic heterocycles. The zero-order valence-electron chi connectivity index (χ0n) is 19.5. The van der Waals surface area contributed by atoms with Crippen molar-refractivity contribution in [2.24, 2.45) is 0 Å². The van der Waals surface area contributed by atoms with Crippen molar-refractivity contribution in [3.8, 4) is 0 Å². The van der Waals surface area contributed by atoms with E-state index in [0.29, 0.717) is 5.56 Å². The van der Waals surface area contributed by atoms with Gasteiger partial charge in [-0.15, -0.1) is 10.2 Å². The number of hydrogen-bond acceptors (Lipinski definition) is 7. The summed E-state index contributed by atoms with van der Waals surface area (Å²) in [4.78, 5) is 12.2. The zero-order chi connectivity index (χ0) is 25.3. The fourth-order valence-corrected chi connectivity index (χ4v) is 6.70. The van der Waals surface area contributed by atoms with Gasteiger partial charge >= 0.3 is 11.8 Å². The molecule has 0 radical (unpaired) electrons. The van der Waals surface area contributed by atoms with Crippen molar-refractivity contribution < 1.29 is 26.4 Å². The molecular weight excluding hydrogens is 478 g/mol. The van der Waals surface area contributed by atoms with E-state index < -0.39 is 50.0 Å². The van der Waals surface area contributed by atoms with Gasteiger partial charge in [0.15, 0.2) is 9.84 Å². The standard InChI is InChI=1S/C24H26F2N4O4S/c1-13(28-23(31)24-30-29-15(3)34-24)18-11-19(25)17(9-20(18)26)10-21-14(2)27-12-22(35(21,32)33)16-7-5-4-6-8-16/h4-9,11,13-14,21-22,27H,10,12H2,1-3H3,(H,28,31)/t13?,14-,21?,22-/m0/s1. The summed E-state index contributed by atoms with van der Waals surface area (Å²) in [5, 5.41) is 11.1. The molecule has 1 amide bonds. The number of aromatic nitrogens is 2. The number of carbonyl (C=O) groups is 1. The van der Waals surface area contributed by atoms with Crippen molar-refractivity contribution in [2.75, 3.05) is 6.54 Å². The maximum Gasteiger partial charge on any atom is 0.309 e. The molecule has 35 heavy (non-hydrogen) atoms. The van der Waals surface area contributed by atoms with E-state index in [-0.39, 0.29) is 35.9 Å². The Morgan fingerprint density at radius 2 is 1.91 bits per heavy atom. The maximum atomic E-state index is 15.1. The fraction of sp³-hybridized carbons (Fsp3) is 0.375. The van der Waals surface area contributed by atoms with Gasteiger partial charge in [0.1, 0.15) is 11.6 Å². The highest BCUT2D eigenvalue weighted by Crippen LogP contribution is 2.33. The number of benzene rings is 2. The van der Waals surface area contributed by atoms with E-state index in [1.165, 1.54) is 13.8 Å². The molecule has 2 N–H and O–H groups in total. The summed E-state index contributed by atoms with van der Waals surface area (Å²) >= 11 is 0. The second kappa shape index (κ2) is 9.82. The van der Waals surface area contributed by atoms with E-state index in [1.54, 1.807) is 37.3 Å². The van der Waals surface area contributed by atoms with Gasteiger partial charge in [-0.1, -0.05) is 30.3 Å². The van der Waals surface area contributed by atoms with Crippen LogP contribution in [0.5, 0.6) is 0 Å². The summed E-state index contributed by atoms with van der Waals surface area (Å²) in [6, 6.07) is 9.47. The van der Waals surface area contributed by atoms with Gasteiger partial charge in [0, 0.05) is 25.1 Å². The van der Waals surface area contributed by atoms with E-state index in [1.807, 2.05) is 0 Å². The molecule has 1 fully saturated rings. The number of hydrogen-bond donors (Lipinski definition) is 2. The average molecular weight is 505 g/mol. The quantitative estimate of drug-likeness (QED) is 0.530. The van der Waals surface area contributed by atoms with Crippen LogP contribution in [0, 0.1) is 18.6 Å². The van der Waals surface area contributed by atoms with E-state index >= 15 is 4.39 Å². The van der Waals surface area contributed by atoms with Crippen LogP contribution in [0.15, 0.2) is 46.9 Å². The van der Waals surface area contributed by atoms with E-state index in [4.69, 9.17) is 4.42 Å². The highest BCUT2D eigenvalue weighted by molar-refractivity contribution is 7.92. The van der Waals surface area contributed by atoms with Crippen LogP contribution in [0.4, 0.5) is 8.78 Å². The molecule has 1 saturated heterocycles. The van der Waals surface area contributed by atoms with E-state index in [2.05, 4.69) is 20.8 Å². The molecule has 0 bridgehead atoms. The Morgan fingerprint density at radius 1 is 1.20 bits per heavy atom. The van der Waals surface area contributed by atoms with Gasteiger partial charge in [0.05, 0.1) is 16.5 Å². The summed E-state index contributed by atoms with van der Waals surface area (Å²) in [6.07, 6.45) is -0.190. The molecule has 4 rings (SSSR count). The Labute approximate surface area is 202 Å². The van der Waals surface area contributed by atoms with Crippen LogP contribution < -0.4 is 10.6 Å². The van der Waals surface area contributed by atoms with Gasteiger partial charge in [-0.3, -0.25) is 4.79 Å². The minimum atomic E-state index is -3.70. The zero-order valence-corrected chi connectivity index (χ0v) is 20.3. The minimum Gasteiger partial charge on any atom is -0.417 e. The van der Waals surface area contributed by atoms with Crippen molar-refractivity contribution in [1.82, 2.24) is 20.8 Å². The highest BCUT2D eigenvalue weighted by atomic mass is 32.2. The molecular formula is C24H26F2N4O4S. The first-order valence-corrected chi connectivity index (χ1v) is 12.8. The normalized spacial score (nSPS) is 22.5. The number of sulfone groups is 1. The van der Waals surface area contributed by atoms with Crippen molar-refractivity contribution in [3.63, 3.8) is 0 Å². The number of rotatable bonds is 6. The molecule has 4 atom stereocenters. The summed E-state index contributed by atoms with van der Waals surface area (Å²) in [5.41, 5.74) is 0.517. The van der Waals surface area contributed by atoms with Crippen molar-refractivity contribution in [3.05, 3.63) is 82.6 Å². The molecule has 2 unspecified atom stereocenters. The lowest BCUT2D eigenvalue weighted by Gasteiger charge is -2.35. The molecule has 0 aliphatic carbocycles. The summed E-state index contributed by atoms with van der Waals surface area (Å²) in [7, 11) is -3.70. The number of halogens is 2. The topological polar surface area (TPSA) is 114 Å². The monoisotopic (exact) mass is 504 g/mol. The van der Waals surface area contributed by atoms with Gasteiger partial charge in [-0.2, -0.15) is 0 Å². The molecule has 1 aromatic heterocycles. The maximum absolute atomic E-state index is 15.1. The third-order valence-corrected chi connectivity index (χ3v) is 8.94. The predicted molar refractivity (Wildman–Crippen MR) is 124 cm³/mol. The van der Waals surface area contributed by atoms with Gasteiger partial charge < -0.3 is 15.1 Å². The van der Waals surface area contributed by atoms with Gasteiger partial charge in [-0.25, -0.2) is 17.2 Å². The Hall–Kier alpha value is -3.18. The minimum absolute atomic E-state index is 0.0479. The average Bonchev–Trinajstić information content (AvgIpc) is 3.25. The largest absolute Gasteiger partial charge is 0.417 e. The van der Waals surface area contributed by atoms with Crippen LogP contribution in [-0.4, -0.2) is 42.4 Å². The Kier molecular flexibility index (Phi) is 7.00. The van der Waals surface area contributed by atoms with E-state index in [9.17, 15) is 17.6 Å². The molecule has 11 heteroatoms. The lowest BCUT2D eigenvalue weighted by atomic mass is 9.99. The van der Waals surface area contributed by atoms with E-state index in [0.717, 1.165) is 12.1 Å². The van der Waals surface area contributed by atoms with Crippen LogP contribution in [0.3, 0.4) is 0 Å². The Bertz CT molecular complexity index is 1330. The third-order valence-electron chi connectivity index (χ3n) is 6.29. The number of amides is 1. The molecule has 8 nitrogen and oxygen atoms in total. The van der Waals surface area contributed by atoms with Gasteiger partial charge in [-0.05, 0) is 43.5 Å². The van der Waals surface area contributed by atoms with Crippen LogP contribution in [0.25, 0.3) is 0 Å². The second-order valence-electron chi connectivity index (χ2n) is 8.71. The number of nitrogens with zero attached hydrogens (tertiary/aromatic N) is 2. The molecule has 2 heterocycles. The van der Waals surface area contributed by atoms with Crippen molar-refractivity contribution in [1.29, 1.82) is 0 Å². The van der Waals surface area contributed by atoms with Crippen LogP contribution in [-0.2, 0) is 16.3 Å². The smallest absolute Gasteiger partial charge is 0.309 e. The van der Waals surface area contributed by atoms with Crippen molar-refractivity contribution >= 4 is 15.7 Å². The molecule has 0 spiro atoms. The Balaban J connectivity index is 1.55. The summed E-state index contributed by atoms with van der Waals surface area (Å²) < 4.78 is 62.0. The van der Waals surface area contributed by atoms with Crippen LogP contribution >= 0.6 is 0 Å². The van der Waals surface area contributed by atoms with Crippen LogP contribution in [0.2, 0.25) is 0 Å². The van der Waals surface area contributed by atoms with Gasteiger partial charge in [0.25, 0.3) is 0 Å². The lowest BCUT2D eigenvalue weighted by Crippen LogP contribution is -2.53. The fourth-order valence-electron chi connectivity index (χ4n) is 4.34.